The van der Waals surface area contributed by atoms with E-state index in [1.54, 1.807) is 6.92 Å². The van der Waals surface area contributed by atoms with Gasteiger partial charge in [-0.05, 0) is 31.1 Å². The van der Waals surface area contributed by atoms with E-state index in [1.165, 1.54) is 4.90 Å². The van der Waals surface area contributed by atoms with Crippen LogP contribution in [0.15, 0.2) is 0 Å². The average molecular weight is 520 g/mol. The van der Waals surface area contributed by atoms with Crippen molar-refractivity contribution >= 4 is 40.1 Å². The number of alkyl halides is 1. The number of carbonyl (C=O) groups is 2. The number of esters is 1. The molecule has 1 amide bonds. The minimum Gasteiger partial charge on any atom is -0.464 e. The molecule has 0 aromatic heterocycles. The summed E-state index contributed by atoms with van der Waals surface area (Å²) in [6.07, 6.45) is 4.25. The molecule has 10 heteroatoms. The van der Waals surface area contributed by atoms with Crippen molar-refractivity contribution in [1.82, 2.24) is 4.90 Å². The average Bonchev–Trinajstić information content (AvgIpc) is 2.98. The maximum Gasteiger partial charge on any atom is 0.410 e. The lowest BCUT2D eigenvalue weighted by Crippen LogP contribution is -2.58. The molecular formula is C23H42ClNO6Si2. The topological polar surface area (TPSA) is 85.3 Å². The summed E-state index contributed by atoms with van der Waals surface area (Å²) < 4.78 is 17.3. The Morgan fingerprint density at radius 1 is 1.24 bits per heavy atom. The Kier molecular flexibility index (Phi) is 10.1. The Morgan fingerprint density at radius 3 is 2.24 bits per heavy atom. The quantitative estimate of drug-likeness (QED) is 0.209. The van der Waals surface area contributed by atoms with Gasteiger partial charge < -0.3 is 19.0 Å². The third-order valence-corrected chi connectivity index (χ3v) is 13.1. The Hall–Kier alpha value is -1.06. The van der Waals surface area contributed by atoms with Gasteiger partial charge in [0.05, 0.1) is 30.7 Å². The number of aliphatic hydroxyl groups is 1. The zero-order valence-electron chi connectivity index (χ0n) is 21.7. The van der Waals surface area contributed by atoms with Crippen LogP contribution >= 0.6 is 11.6 Å². The number of likely N-dealkylation sites (tertiary alicyclic amines) is 1. The lowest BCUT2D eigenvalue weighted by Gasteiger charge is -2.43. The number of carbonyl (C=O) groups excluding carboxylic acids is 2. The van der Waals surface area contributed by atoms with Crippen molar-refractivity contribution in [1.29, 1.82) is 0 Å². The molecule has 4 atom stereocenters. The first kappa shape index (κ1) is 30.0. The van der Waals surface area contributed by atoms with Crippen molar-refractivity contribution in [3.63, 3.8) is 0 Å². The van der Waals surface area contributed by atoms with Crippen LogP contribution in [0.1, 0.15) is 34.1 Å². The van der Waals surface area contributed by atoms with E-state index < -0.39 is 58.1 Å². The number of aliphatic hydroxyl groups excluding tert-OH is 1. The van der Waals surface area contributed by atoms with Crippen LogP contribution in [-0.2, 0) is 18.7 Å². The fourth-order valence-corrected chi connectivity index (χ4v) is 5.70. The largest absolute Gasteiger partial charge is 0.464 e. The molecule has 0 saturated carbocycles. The van der Waals surface area contributed by atoms with Gasteiger partial charge in [0, 0.05) is 14.5 Å². The van der Waals surface area contributed by atoms with Gasteiger partial charge in [-0.1, -0.05) is 46.3 Å². The van der Waals surface area contributed by atoms with Crippen LogP contribution in [0.4, 0.5) is 4.79 Å². The third-order valence-electron chi connectivity index (χ3n) is 6.49. The van der Waals surface area contributed by atoms with Crippen LogP contribution in [-0.4, -0.2) is 81.3 Å². The molecule has 33 heavy (non-hydrogen) atoms. The maximum atomic E-state index is 13.3. The number of nitrogens with zero attached hydrogens (tertiary/aromatic N) is 1. The Labute approximate surface area is 206 Å². The van der Waals surface area contributed by atoms with Crippen molar-refractivity contribution in [2.75, 3.05) is 19.8 Å². The second-order valence-corrected chi connectivity index (χ2v) is 22.5. The highest BCUT2D eigenvalue weighted by Crippen LogP contribution is 2.44. The molecule has 0 aromatic rings. The van der Waals surface area contributed by atoms with Crippen LogP contribution in [0.25, 0.3) is 0 Å². The minimum atomic E-state index is -2.38. The summed E-state index contributed by atoms with van der Waals surface area (Å²) in [4.78, 5) is 26.0. The van der Waals surface area contributed by atoms with E-state index in [0.717, 1.165) is 6.04 Å². The number of rotatable bonds is 9. The molecular weight excluding hydrogens is 478 g/mol. The molecule has 0 aliphatic carbocycles. The van der Waals surface area contributed by atoms with Crippen molar-refractivity contribution < 1.29 is 28.6 Å². The molecule has 0 spiro atoms. The summed E-state index contributed by atoms with van der Waals surface area (Å²) in [6.45, 7) is 18.4. The normalized spacial score (nSPS) is 24.8. The number of terminal acetylenes is 1. The molecule has 0 aromatic carbocycles. The molecule has 0 unspecified atom stereocenters. The number of hydrogen-bond donors (Lipinski definition) is 1. The number of amides is 1. The van der Waals surface area contributed by atoms with Crippen molar-refractivity contribution in [3.8, 4) is 12.3 Å². The van der Waals surface area contributed by atoms with E-state index in [4.69, 9.17) is 31.9 Å². The third kappa shape index (κ3) is 7.46. The molecule has 0 bridgehead atoms. The monoisotopic (exact) mass is 519 g/mol. The summed E-state index contributed by atoms with van der Waals surface area (Å²) in [6, 6.07) is -1.22. The van der Waals surface area contributed by atoms with Gasteiger partial charge in [0.15, 0.2) is 8.32 Å². The molecule has 1 saturated heterocycles. The van der Waals surface area contributed by atoms with Gasteiger partial charge in [0.1, 0.15) is 12.1 Å². The number of ether oxygens (including phenoxy) is 2. The molecule has 1 heterocycles. The highest BCUT2D eigenvalue weighted by atomic mass is 35.5. The van der Waals surface area contributed by atoms with Crippen LogP contribution < -0.4 is 0 Å². The van der Waals surface area contributed by atoms with Gasteiger partial charge in [0.25, 0.3) is 0 Å². The van der Waals surface area contributed by atoms with Gasteiger partial charge in [-0.15, -0.1) is 18.0 Å². The highest BCUT2D eigenvalue weighted by Gasteiger charge is 2.60. The Morgan fingerprint density at radius 2 is 1.82 bits per heavy atom. The molecule has 1 N–H and O–H groups in total. The number of halogens is 1. The van der Waals surface area contributed by atoms with Gasteiger partial charge in [-0.25, -0.2) is 9.59 Å². The van der Waals surface area contributed by atoms with E-state index in [9.17, 15) is 14.7 Å². The minimum absolute atomic E-state index is 0.0171. The first-order valence-electron chi connectivity index (χ1n) is 11.5. The van der Waals surface area contributed by atoms with Crippen LogP contribution in [0.3, 0.4) is 0 Å². The summed E-state index contributed by atoms with van der Waals surface area (Å²) in [5.41, 5.74) is 0. The van der Waals surface area contributed by atoms with E-state index >= 15 is 0 Å². The van der Waals surface area contributed by atoms with E-state index in [1.807, 2.05) is 13.1 Å². The Bertz CT molecular complexity index is 743. The summed E-state index contributed by atoms with van der Waals surface area (Å²) in [5, 5.41) is 10.1. The molecule has 1 rings (SSSR count). The summed E-state index contributed by atoms with van der Waals surface area (Å²) in [5.74, 6) is 2.03. The van der Waals surface area contributed by atoms with Gasteiger partial charge in [0.2, 0.25) is 0 Å². The fraction of sp³-hybridized carbons (Fsp3) is 0.826. The van der Waals surface area contributed by atoms with Crippen LogP contribution in [0.5, 0.6) is 0 Å². The zero-order valence-corrected chi connectivity index (χ0v) is 24.4. The maximum absolute atomic E-state index is 13.3. The van der Waals surface area contributed by atoms with Gasteiger partial charge in [-0.3, -0.25) is 4.90 Å². The molecule has 1 aliphatic rings. The molecule has 1 fully saturated rings. The summed E-state index contributed by atoms with van der Waals surface area (Å²) >= 11 is 6.86. The Balaban J connectivity index is 3.42. The SMILES string of the molecule is C#C[C@H](O[Si](C)(C)C(C)(C)C)[C@H]1N(C(=O)OCC[Si](C)(C)C)[C@@H](C(=O)OCC)C[C@@]1(Cl)CO. The zero-order chi connectivity index (χ0) is 25.8. The van der Waals surface area contributed by atoms with Gasteiger partial charge in [-0.2, -0.15) is 0 Å². The molecule has 1 aliphatic heterocycles. The molecule has 0 radical (unpaired) electrons. The first-order valence-corrected chi connectivity index (χ1v) is 18.5. The van der Waals surface area contributed by atoms with E-state index in [2.05, 4.69) is 46.3 Å². The lowest BCUT2D eigenvalue weighted by atomic mass is 9.95. The fourth-order valence-electron chi connectivity index (χ4n) is 3.44. The van der Waals surface area contributed by atoms with Crippen LogP contribution in [0, 0.1) is 12.3 Å². The molecule has 190 valence electrons. The number of hydrogen-bond acceptors (Lipinski definition) is 6. The van der Waals surface area contributed by atoms with Crippen molar-refractivity contribution in [2.45, 2.75) is 101 Å². The van der Waals surface area contributed by atoms with Crippen molar-refractivity contribution in [2.24, 2.45) is 0 Å². The predicted molar refractivity (Wildman–Crippen MR) is 137 cm³/mol. The predicted octanol–water partition coefficient (Wildman–Crippen LogP) is 4.46. The standard InChI is InChI=1S/C23H42ClNO6Si2/c1-11-18(31-33(9,10)22(3,4)5)19-23(24,16-26)15-17(20(27)29-12-2)25(19)21(28)30-13-14-32(6,7)8/h1,17-19,26H,12-16H2,2-10H3/t17-,18+,19-,23-/m1/s1. The van der Waals surface area contributed by atoms with Crippen molar-refractivity contribution in [3.05, 3.63) is 0 Å². The van der Waals surface area contributed by atoms with E-state index in [0.29, 0.717) is 0 Å². The second-order valence-electron chi connectivity index (χ2n) is 11.4. The van der Waals surface area contributed by atoms with Gasteiger partial charge >= 0.3 is 12.1 Å². The van der Waals surface area contributed by atoms with E-state index in [-0.39, 0.29) is 24.7 Å². The first-order chi connectivity index (χ1) is 14.9. The molecule has 7 nitrogen and oxygen atoms in total. The summed E-state index contributed by atoms with van der Waals surface area (Å²) in [7, 11) is -3.84. The van der Waals surface area contributed by atoms with Crippen LogP contribution in [0.2, 0.25) is 43.8 Å². The second kappa shape index (κ2) is 11.1. The smallest absolute Gasteiger partial charge is 0.410 e. The highest BCUT2D eigenvalue weighted by molar-refractivity contribution is 6.76. The lowest BCUT2D eigenvalue weighted by molar-refractivity contribution is -0.148.